The molecule has 1 aromatic rings. The fraction of sp³-hybridized carbons (Fsp3) is 0.250. The highest BCUT2D eigenvalue weighted by Crippen LogP contribution is 2.29. The van der Waals surface area contributed by atoms with E-state index in [1.165, 1.54) is 0 Å². The molecule has 0 bridgehead atoms. The SMILES string of the molecule is C[B]c1ccc2c(c1)OCO2. The molecule has 0 unspecified atom stereocenters. The van der Waals surface area contributed by atoms with Crippen LogP contribution in [0.15, 0.2) is 18.2 Å². The Hall–Kier alpha value is -1.12. The molecular formula is C8H8BO2. The summed E-state index contributed by atoms with van der Waals surface area (Å²) >= 11 is 0. The lowest BCUT2D eigenvalue weighted by Crippen LogP contribution is -2.08. The average Bonchev–Trinajstić information content (AvgIpc) is 2.50. The van der Waals surface area contributed by atoms with Crippen LogP contribution in [0.4, 0.5) is 0 Å². The van der Waals surface area contributed by atoms with Gasteiger partial charge in [0.1, 0.15) is 7.28 Å². The molecule has 0 fully saturated rings. The van der Waals surface area contributed by atoms with E-state index in [4.69, 9.17) is 9.47 Å². The van der Waals surface area contributed by atoms with Gasteiger partial charge in [-0.2, -0.15) is 0 Å². The maximum atomic E-state index is 5.20. The van der Waals surface area contributed by atoms with Crippen LogP contribution < -0.4 is 14.9 Å². The Morgan fingerprint density at radius 2 is 2.09 bits per heavy atom. The second-order valence-electron chi connectivity index (χ2n) is 2.40. The maximum Gasteiger partial charge on any atom is 0.231 e. The van der Waals surface area contributed by atoms with Crippen LogP contribution in [-0.4, -0.2) is 14.1 Å². The molecule has 2 nitrogen and oxygen atoms in total. The van der Waals surface area contributed by atoms with Crippen LogP contribution in [0.5, 0.6) is 11.5 Å². The molecule has 1 aliphatic rings. The summed E-state index contributed by atoms with van der Waals surface area (Å²) in [5.74, 6) is 1.69. The Bertz CT molecular complexity index is 273. The van der Waals surface area contributed by atoms with E-state index in [0.717, 1.165) is 17.0 Å². The molecule has 0 aromatic heterocycles. The predicted octanol–water partition coefficient (Wildman–Crippen LogP) is 0.793. The molecule has 0 N–H and O–H groups in total. The molecule has 1 heterocycles. The highest BCUT2D eigenvalue weighted by atomic mass is 16.7. The molecule has 0 atom stereocenters. The van der Waals surface area contributed by atoms with Gasteiger partial charge in [-0.15, -0.1) is 0 Å². The maximum absolute atomic E-state index is 5.20. The van der Waals surface area contributed by atoms with Gasteiger partial charge in [0.2, 0.25) is 6.79 Å². The standard InChI is InChI=1S/C8H8BO2/c1-9-6-2-3-7-8(4-6)11-5-10-7/h2-4H,5H2,1H3. The molecule has 2 rings (SSSR count). The predicted molar refractivity (Wildman–Crippen MR) is 43.8 cm³/mol. The van der Waals surface area contributed by atoms with Gasteiger partial charge in [0.15, 0.2) is 11.5 Å². The number of hydrogen-bond acceptors (Lipinski definition) is 2. The van der Waals surface area contributed by atoms with Crippen molar-refractivity contribution < 1.29 is 9.47 Å². The first-order valence-corrected chi connectivity index (χ1v) is 3.59. The van der Waals surface area contributed by atoms with Crippen molar-refractivity contribution in [2.45, 2.75) is 6.82 Å². The first-order chi connectivity index (χ1) is 5.40. The van der Waals surface area contributed by atoms with E-state index in [1.807, 2.05) is 32.3 Å². The fourth-order valence-corrected chi connectivity index (χ4v) is 1.09. The normalized spacial score (nSPS) is 13.2. The van der Waals surface area contributed by atoms with Gasteiger partial charge in [0, 0.05) is 0 Å². The van der Waals surface area contributed by atoms with Crippen molar-refractivity contribution in [3.8, 4) is 11.5 Å². The molecule has 1 aromatic carbocycles. The van der Waals surface area contributed by atoms with Gasteiger partial charge in [-0.3, -0.25) is 0 Å². The minimum absolute atomic E-state index is 0.350. The number of ether oxygens (including phenoxy) is 2. The fourth-order valence-electron chi connectivity index (χ4n) is 1.09. The van der Waals surface area contributed by atoms with E-state index >= 15 is 0 Å². The number of benzene rings is 1. The zero-order valence-corrected chi connectivity index (χ0v) is 6.33. The summed E-state index contributed by atoms with van der Waals surface area (Å²) in [7, 11) is 2.03. The molecule has 0 aliphatic carbocycles. The van der Waals surface area contributed by atoms with Gasteiger partial charge in [-0.25, -0.2) is 0 Å². The van der Waals surface area contributed by atoms with E-state index in [0.29, 0.717) is 6.79 Å². The molecule has 0 saturated heterocycles. The molecule has 1 aliphatic heterocycles. The Morgan fingerprint density at radius 1 is 1.27 bits per heavy atom. The molecule has 11 heavy (non-hydrogen) atoms. The summed E-state index contributed by atoms with van der Waals surface area (Å²) in [5, 5.41) is 0. The number of hydrogen-bond donors (Lipinski definition) is 0. The molecule has 0 amide bonds. The molecule has 0 saturated carbocycles. The summed E-state index contributed by atoms with van der Waals surface area (Å²) < 4.78 is 10.4. The Kier molecular flexibility index (Phi) is 1.49. The van der Waals surface area contributed by atoms with Gasteiger partial charge in [0.25, 0.3) is 0 Å². The largest absolute Gasteiger partial charge is 0.454 e. The summed E-state index contributed by atoms with van der Waals surface area (Å²) in [4.78, 5) is 0. The molecule has 55 valence electrons. The summed E-state index contributed by atoms with van der Waals surface area (Å²) in [5.41, 5.74) is 1.16. The van der Waals surface area contributed by atoms with Crippen LogP contribution in [0.1, 0.15) is 0 Å². The first kappa shape index (κ1) is 6.59. The van der Waals surface area contributed by atoms with Crippen molar-refractivity contribution in [2.75, 3.05) is 6.79 Å². The summed E-state index contributed by atoms with van der Waals surface area (Å²) in [6, 6.07) is 5.91. The lowest BCUT2D eigenvalue weighted by atomic mass is 9.73. The zero-order chi connectivity index (χ0) is 7.68. The quantitative estimate of drug-likeness (QED) is 0.546. The minimum Gasteiger partial charge on any atom is -0.454 e. The van der Waals surface area contributed by atoms with Crippen molar-refractivity contribution in [3.63, 3.8) is 0 Å². The monoisotopic (exact) mass is 147 g/mol. The van der Waals surface area contributed by atoms with Crippen LogP contribution in [0, 0.1) is 0 Å². The average molecular weight is 147 g/mol. The number of rotatable bonds is 1. The third kappa shape index (κ3) is 1.07. The third-order valence-electron chi connectivity index (χ3n) is 1.73. The molecule has 1 radical (unpaired) electrons. The van der Waals surface area contributed by atoms with Crippen LogP contribution in [0.3, 0.4) is 0 Å². The molecule has 3 heteroatoms. The Morgan fingerprint density at radius 3 is 2.91 bits per heavy atom. The second kappa shape index (κ2) is 2.49. The minimum atomic E-state index is 0.350. The first-order valence-electron chi connectivity index (χ1n) is 3.59. The smallest absolute Gasteiger partial charge is 0.231 e. The number of fused-ring (bicyclic) bond motifs is 1. The summed E-state index contributed by atoms with van der Waals surface area (Å²) in [6.45, 7) is 2.35. The van der Waals surface area contributed by atoms with E-state index in [9.17, 15) is 0 Å². The van der Waals surface area contributed by atoms with E-state index in [1.54, 1.807) is 0 Å². The van der Waals surface area contributed by atoms with E-state index < -0.39 is 0 Å². The third-order valence-corrected chi connectivity index (χ3v) is 1.73. The van der Waals surface area contributed by atoms with Crippen molar-refractivity contribution in [2.24, 2.45) is 0 Å². The van der Waals surface area contributed by atoms with Gasteiger partial charge in [0.05, 0.1) is 0 Å². The van der Waals surface area contributed by atoms with Gasteiger partial charge in [-0.05, 0) is 12.1 Å². The zero-order valence-electron chi connectivity index (χ0n) is 6.33. The van der Waals surface area contributed by atoms with E-state index in [2.05, 4.69) is 0 Å². The Balaban J connectivity index is 2.41. The topological polar surface area (TPSA) is 18.5 Å². The van der Waals surface area contributed by atoms with Crippen LogP contribution in [-0.2, 0) is 0 Å². The lowest BCUT2D eigenvalue weighted by Gasteiger charge is -1.97. The van der Waals surface area contributed by atoms with Gasteiger partial charge in [-0.1, -0.05) is 18.4 Å². The van der Waals surface area contributed by atoms with Crippen LogP contribution >= 0.6 is 0 Å². The van der Waals surface area contributed by atoms with Crippen LogP contribution in [0.2, 0.25) is 6.82 Å². The highest BCUT2D eigenvalue weighted by Gasteiger charge is 2.11. The van der Waals surface area contributed by atoms with Gasteiger partial charge < -0.3 is 9.47 Å². The van der Waals surface area contributed by atoms with Gasteiger partial charge >= 0.3 is 0 Å². The Labute approximate surface area is 66.4 Å². The highest BCUT2D eigenvalue weighted by molar-refractivity contribution is 6.52. The molecular weight excluding hydrogens is 139 g/mol. The summed E-state index contributed by atoms with van der Waals surface area (Å²) in [6.07, 6.45) is 0. The lowest BCUT2D eigenvalue weighted by molar-refractivity contribution is 0.174. The van der Waals surface area contributed by atoms with Crippen molar-refractivity contribution in [1.82, 2.24) is 0 Å². The molecule has 0 spiro atoms. The second-order valence-corrected chi connectivity index (χ2v) is 2.40. The van der Waals surface area contributed by atoms with Crippen molar-refractivity contribution in [1.29, 1.82) is 0 Å². The van der Waals surface area contributed by atoms with Crippen molar-refractivity contribution in [3.05, 3.63) is 18.2 Å². The van der Waals surface area contributed by atoms with Crippen LogP contribution in [0.25, 0.3) is 0 Å². The van der Waals surface area contributed by atoms with E-state index in [-0.39, 0.29) is 0 Å². The van der Waals surface area contributed by atoms with Crippen molar-refractivity contribution >= 4 is 12.7 Å².